The summed E-state index contributed by atoms with van der Waals surface area (Å²) in [6, 6.07) is 20.8. The Morgan fingerprint density at radius 2 is 1.76 bits per heavy atom. The molecule has 5 nitrogen and oxygen atoms in total. The Labute approximate surface area is 175 Å². The molecule has 0 aliphatic rings. The van der Waals surface area contributed by atoms with E-state index in [1.807, 2.05) is 43.3 Å². The number of carboxylic acid groups (broad SMARTS) is 1. The van der Waals surface area contributed by atoms with E-state index in [0.717, 1.165) is 22.4 Å². The molecule has 0 saturated carbocycles. The highest BCUT2D eigenvalue weighted by Gasteiger charge is 2.07. The lowest BCUT2D eigenvalue weighted by Crippen LogP contribution is -2.26. The van der Waals surface area contributed by atoms with Gasteiger partial charge in [-0.2, -0.15) is 0 Å². The van der Waals surface area contributed by atoms with Crippen LogP contribution in [0.1, 0.15) is 31.7 Å². The first-order chi connectivity index (χ1) is 15.1. The quantitative estimate of drug-likeness (QED) is 0.412. The number of carbonyl (C=O) groups is 1. The topological polar surface area (TPSA) is 81.6 Å². The first-order valence-electron chi connectivity index (χ1n) is 10.8. The number of hydrogen-bond donors (Lipinski definition) is 4. The van der Waals surface area contributed by atoms with E-state index >= 15 is 0 Å². The number of benzene rings is 3. The molecule has 3 aromatic rings. The molecule has 0 aliphatic carbocycles. The fourth-order valence-corrected chi connectivity index (χ4v) is 2.92. The highest BCUT2D eigenvalue weighted by atomic mass is 16.4. The van der Waals surface area contributed by atoms with Gasteiger partial charge in [-0.25, -0.2) is 4.79 Å². The zero-order valence-electron chi connectivity index (χ0n) is 19.1. The Hall–Kier alpha value is -3.15. The van der Waals surface area contributed by atoms with Crippen LogP contribution in [-0.2, 0) is 0 Å². The first kappa shape index (κ1) is 16.8. The van der Waals surface area contributed by atoms with Crippen LogP contribution in [0.4, 0.5) is 5.69 Å². The van der Waals surface area contributed by atoms with E-state index in [-0.39, 0.29) is 17.7 Å². The molecule has 3 rings (SSSR count). The Morgan fingerprint density at radius 3 is 2.52 bits per heavy atom. The van der Waals surface area contributed by atoms with Crippen molar-refractivity contribution in [3.05, 3.63) is 89.5 Å². The van der Waals surface area contributed by atoms with Crippen LogP contribution in [0.25, 0.3) is 11.1 Å². The van der Waals surface area contributed by atoms with Crippen molar-refractivity contribution in [1.82, 2.24) is 5.32 Å². The van der Waals surface area contributed by atoms with Gasteiger partial charge >= 0.3 is 5.97 Å². The molecule has 0 amide bonds. The van der Waals surface area contributed by atoms with Gasteiger partial charge in [0.2, 0.25) is 0 Å². The maximum atomic E-state index is 11.2. The molecule has 3 aromatic carbocycles. The van der Waals surface area contributed by atoms with Crippen LogP contribution < -0.4 is 10.6 Å². The zero-order chi connectivity index (χ0) is 23.4. The number of nitrogens with one attached hydrogen (secondary N) is 2. The van der Waals surface area contributed by atoms with Gasteiger partial charge in [0.25, 0.3) is 0 Å². The summed E-state index contributed by atoms with van der Waals surface area (Å²) in [5, 5.41) is 25.5. The summed E-state index contributed by atoms with van der Waals surface area (Å²) in [4.78, 5) is 11.2. The molecular formula is C24H26N2O3. The van der Waals surface area contributed by atoms with Gasteiger partial charge in [-0.15, -0.1) is 0 Å². The third-order valence-electron chi connectivity index (χ3n) is 4.38. The predicted molar refractivity (Wildman–Crippen MR) is 116 cm³/mol. The fourth-order valence-electron chi connectivity index (χ4n) is 2.92. The van der Waals surface area contributed by atoms with Crippen LogP contribution in [0.2, 0.25) is 0 Å². The molecule has 1 atom stereocenters. The summed E-state index contributed by atoms with van der Waals surface area (Å²) in [7, 11) is 0. The lowest BCUT2D eigenvalue weighted by molar-refractivity contribution is 0.0697. The minimum absolute atomic E-state index is 0.165. The third kappa shape index (κ3) is 5.91. The summed E-state index contributed by atoms with van der Waals surface area (Å²) in [5.41, 5.74) is 3.63. The van der Waals surface area contributed by atoms with Crippen LogP contribution >= 0.6 is 0 Å². The lowest BCUT2D eigenvalue weighted by Gasteiger charge is -2.14. The highest BCUT2D eigenvalue weighted by Crippen LogP contribution is 2.23. The van der Waals surface area contributed by atoms with Crippen molar-refractivity contribution in [1.29, 1.82) is 0 Å². The van der Waals surface area contributed by atoms with Crippen LogP contribution in [-0.4, -0.2) is 35.8 Å². The fraction of sp³-hybridized carbons (Fsp3) is 0.208. The average molecular weight is 394 g/mol. The second-order valence-electron chi connectivity index (χ2n) is 6.66. The van der Waals surface area contributed by atoms with Crippen molar-refractivity contribution >= 4 is 11.7 Å². The Morgan fingerprint density at radius 1 is 1.03 bits per heavy atom. The molecule has 0 spiro atoms. The van der Waals surface area contributed by atoms with Crippen LogP contribution in [0.3, 0.4) is 0 Å². The number of carboxylic acids is 1. The average Bonchev–Trinajstić information content (AvgIpc) is 2.77. The minimum atomic E-state index is -2.45. The Kier molecular flexibility index (Phi) is 5.71. The summed E-state index contributed by atoms with van der Waals surface area (Å²) in [6.07, 6.45) is -2.45. The van der Waals surface area contributed by atoms with E-state index in [0.29, 0.717) is 6.54 Å². The number of aryl methyl sites for hydroxylation is 1. The van der Waals surface area contributed by atoms with Gasteiger partial charge in [-0.05, 0) is 47.9 Å². The summed E-state index contributed by atoms with van der Waals surface area (Å²) < 4.78 is 24.5. The number of aliphatic hydroxyl groups is 1. The van der Waals surface area contributed by atoms with Gasteiger partial charge < -0.3 is 20.8 Å². The number of rotatable bonds is 9. The lowest BCUT2D eigenvalue weighted by atomic mass is 10.0. The molecule has 4 N–H and O–H groups in total. The molecule has 0 fully saturated rings. The van der Waals surface area contributed by atoms with E-state index in [9.17, 15) is 15.0 Å². The van der Waals surface area contributed by atoms with Gasteiger partial charge in [0.15, 0.2) is 0 Å². The Balaban J connectivity index is 1.61. The molecular weight excluding hydrogens is 364 g/mol. The SMILES string of the molecule is [2H]C([2H])(NCCNc1cccc(-c2cccc(C(=O)O)c2)c1)[C@]([2H])(O)c1cccc(C)c1. The van der Waals surface area contributed by atoms with E-state index in [4.69, 9.17) is 4.11 Å². The van der Waals surface area contributed by atoms with Crippen molar-refractivity contribution in [3.8, 4) is 11.1 Å². The molecule has 29 heavy (non-hydrogen) atoms. The summed E-state index contributed by atoms with van der Waals surface area (Å²) >= 11 is 0. The number of aromatic carboxylic acids is 1. The number of anilines is 1. The second-order valence-corrected chi connectivity index (χ2v) is 6.66. The van der Waals surface area contributed by atoms with Crippen LogP contribution in [0.15, 0.2) is 72.8 Å². The third-order valence-corrected chi connectivity index (χ3v) is 4.38. The predicted octanol–water partition coefficient (Wildman–Crippen LogP) is 4.10. The van der Waals surface area contributed by atoms with Crippen molar-refractivity contribution < 1.29 is 19.1 Å². The van der Waals surface area contributed by atoms with E-state index < -0.39 is 18.5 Å². The van der Waals surface area contributed by atoms with E-state index in [1.165, 1.54) is 12.1 Å². The summed E-state index contributed by atoms with van der Waals surface area (Å²) in [5.74, 6) is -0.985. The molecule has 0 radical (unpaired) electrons. The van der Waals surface area contributed by atoms with Gasteiger partial charge in [0.1, 0.15) is 0 Å². The van der Waals surface area contributed by atoms with Gasteiger partial charge in [-0.1, -0.05) is 54.1 Å². The maximum Gasteiger partial charge on any atom is 0.335 e. The van der Waals surface area contributed by atoms with Crippen molar-refractivity contribution in [2.45, 2.75) is 13.0 Å². The molecule has 0 unspecified atom stereocenters. The largest absolute Gasteiger partial charge is 0.478 e. The smallest absolute Gasteiger partial charge is 0.335 e. The normalized spacial score (nSPS) is 14.9. The molecule has 0 saturated heterocycles. The second kappa shape index (κ2) is 9.87. The molecule has 0 heterocycles. The standard InChI is InChI=1S/C24H26N2O3/c1-17-5-2-8-20(13-17)23(27)16-25-11-12-26-22-10-4-7-19(15-22)18-6-3-9-21(14-18)24(28)29/h2-10,13-15,23,25-27H,11-12,16H2,1H3,(H,28,29)/t23-/m0/s1/i16D2,23D. The van der Waals surface area contributed by atoms with E-state index in [1.54, 1.807) is 24.3 Å². The highest BCUT2D eigenvalue weighted by molar-refractivity contribution is 5.89. The molecule has 0 aliphatic heterocycles. The van der Waals surface area contributed by atoms with Crippen molar-refractivity contribution in [2.75, 3.05) is 24.9 Å². The van der Waals surface area contributed by atoms with Gasteiger partial charge in [0, 0.05) is 28.0 Å². The van der Waals surface area contributed by atoms with Gasteiger partial charge in [0.05, 0.1) is 13.0 Å². The van der Waals surface area contributed by atoms with Crippen LogP contribution in [0, 0.1) is 6.92 Å². The monoisotopic (exact) mass is 393 g/mol. The van der Waals surface area contributed by atoms with Crippen molar-refractivity contribution in [3.63, 3.8) is 0 Å². The zero-order valence-corrected chi connectivity index (χ0v) is 16.1. The van der Waals surface area contributed by atoms with Crippen molar-refractivity contribution in [2.24, 2.45) is 0 Å². The molecule has 0 aromatic heterocycles. The number of hydrogen-bond acceptors (Lipinski definition) is 4. The summed E-state index contributed by atoms with van der Waals surface area (Å²) in [6.45, 7) is -0.0408. The molecule has 5 heteroatoms. The van der Waals surface area contributed by atoms with E-state index in [2.05, 4.69) is 10.6 Å². The molecule has 0 bridgehead atoms. The maximum absolute atomic E-state index is 11.2. The minimum Gasteiger partial charge on any atom is -0.478 e. The van der Waals surface area contributed by atoms with Crippen LogP contribution in [0.5, 0.6) is 0 Å². The first-order valence-corrected chi connectivity index (χ1v) is 9.32. The Bertz CT molecular complexity index is 1100. The van der Waals surface area contributed by atoms with Gasteiger partial charge in [-0.3, -0.25) is 0 Å². The molecule has 150 valence electrons.